The van der Waals surface area contributed by atoms with Crippen LogP contribution in [-0.2, 0) is 0 Å². The molecule has 0 saturated heterocycles. The minimum atomic E-state index is 0.606. The van der Waals surface area contributed by atoms with Crippen LogP contribution in [0, 0.1) is 6.92 Å². The molecule has 0 N–H and O–H groups in total. The SMILES string of the molecule is Cc1ccc2c3ccccc3n(-c3ccc4c(c3)c3ccccc3n4-c3cc(-c4ccccc4)cc(-c4nc(-c5ccccc5)nc(-c5ccc(-c6ccccc6)cc5)n4)c3)c2c1. The largest absolute Gasteiger partial charge is 0.309 e. The Morgan fingerprint density at radius 1 is 0.270 bits per heavy atom. The molecule has 296 valence electrons. The molecule has 0 spiro atoms. The summed E-state index contributed by atoms with van der Waals surface area (Å²) in [4.78, 5) is 15.5. The lowest BCUT2D eigenvalue weighted by atomic mass is 10.0. The van der Waals surface area contributed by atoms with Crippen LogP contribution in [-0.4, -0.2) is 24.1 Å². The molecule has 5 nitrogen and oxygen atoms in total. The highest BCUT2D eigenvalue weighted by atomic mass is 15.0. The van der Waals surface area contributed by atoms with Crippen molar-refractivity contribution in [1.29, 1.82) is 0 Å². The predicted molar refractivity (Wildman–Crippen MR) is 260 cm³/mol. The van der Waals surface area contributed by atoms with E-state index in [0.717, 1.165) is 55.8 Å². The van der Waals surface area contributed by atoms with Crippen LogP contribution in [0.25, 0.3) is 111 Å². The first-order valence-electron chi connectivity index (χ1n) is 21.3. The van der Waals surface area contributed by atoms with Gasteiger partial charge in [-0.2, -0.15) is 0 Å². The zero-order valence-corrected chi connectivity index (χ0v) is 34.5. The molecular weight excluding hydrogens is 767 g/mol. The predicted octanol–water partition coefficient (Wildman–Crippen LogP) is 14.7. The quantitative estimate of drug-likeness (QED) is 0.161. The first-order chi connectivity index (χ1) is 31.1. The highest BCUT2D eigenvalue weighted by Gasteiger charge is 2.20. The number of aryl methyl sites for hydroxylation is 1. The van der Waals surface area contributed by atoms with Gasteiger partial charge in [0, 0.05) is 49.6 Å². The summed E-state index contributed by atoms with van der Waals surface area (Å²) in [5.74, 6) is 1.85. The molecule has 0 saturated carbocycles. The number of fused-ring (bicyclic) bond motifs is 6. The van der Waals surface area contributed by atoms with E-state index >= 15 is 0 Å². The number of hydrogen-bond acceptors (Lipinski definition) is 3. The van der Waals surface area contributed by atoms with Crippen molar-refractivity contribution in [3.63, 3.8) is 0 Å². The number of hydrogen-bond donors (Lipinski definition) is 0. The summed E-state index contributed by atoms with van der Waals surface area (Å²) in [5.41, 5.74) is 15.3. The summed E-state index contributed by atoms with van der Waals surface area (Å²) >= 11 is 0. The van der Waals surface area contributed by atoms with E-state index in [1.807, 2.05) is 24.3 Å². The van der Waals surface area contributed by atoms with Crippen molar-refractivity contribution in [2.75, 3.05) is 0 Å². The lowest BCUT2D eigenvalue weighted by Crippen LogP contribution is -2.02. The maximum absolute atomic E-state index is 5.25. The molecule has 0 bridgehead atoms. The lowest BCUT2D eigenvalue weighted by molar-refractivity contribution is 1.07. The zero-order valence-electron chi connectivity index (χ0n) is 34.5. The van der Waals surface area contributed by atoms with Crippen molar-refractivity contribution in [2.24, 2.45) is 0 Å². The van der Waals surface area contributed by atoms with Crippen LogP contribution in [0.2, 0.25) is 0 Å². The Bertz CT molecular complexity index is 3660. The molecule has 0 unspecified atom stereocenters. The third kappa shape index (κ3) is 6.37. The first-order valence-corrected chi connectivity index (χ1v) is 21.3. The van der Waals surface area contributed by atoms with Crippen LogP contribution in [0.3, 0.4) is 0 Å². The van der Waals surface area contributed by atoms with Crippen LogP contribution >= 0.6 is 0 Å². The first kappa shape index (κ1) is 36.4. The third-order valence-electron chi connectivity index (χ3n) is 12.2. The second-order valence-corrected chi connectivity index (χ2v) is 16.2. The fourth-order valence-corrected chi connectivity index (χ4v) is 9.20. The molecule has 5 heteroatoms. The van der Waals surface area contributed by atoms with Gasteiger partial charge >= 0.3 is 0 Å². The van der Waals surface area contributed by atoms with E-state index in [0.29, 0.717) is 17.5 Å². The van der Waals surface area contributed by atoms with Crippen molar-refractivity contribution in [1.82, 2.24) is 24.1 Å². The van der Waals surface area contributed by atoms with E-state index in [1.54, 1.807) is 0 Å². The van der Waals surface area contributed by atoms with E-state index in [2.05, 4.69) is 210 Å². The number of nitrogens with zero attached hydrogens (tertiary/aromatic N) is 5. The highest BCUT2D eigenvalue weighted by Crippen LogP contribution is 2.39. The summed E-state index contributed by atoms with van der Waals surface area (Å²) in [7, 11) is 0. The molecule has 0 amide bonds. The Kier molecular flexibility index (Phi) is 8.64. The lowest BCUT2D eigenvalue weighted by Gasteiger charge is -2.15. The van der Waals surface area contributed by atoms with E-state index in [1.165, 1.54) is 43.7 Å². The summed E-state index contributed by atoms with van der Waals surface area (Å²) < 4.78 is 4.80. The van der Waals surface area contributed by atoms with Crippen molar-refractivity contribution in [3.8, 4) is 67.8 Å². The molecule has 0 aliphatic rings. The maximum atomic E-state index is 5.25. The average Bonchev–Trinajstić information content (AvgIpc) is 3.86. The molecule has 0 aliphatic heterocycles. The van der Waals surface area contributed by atoms with Gasteiger partial charge in [0.1, 0.15) is 0 Å². The molecule has 63 heavy (non-hydrogen) atoms. The van der Waals surface area contributed by atoms with Crippen molar-refractivity contribution in [3.05, 3.63) is 224 Å². The standard InChI is InChI=1S/C58H39N5/c1-38-25-31-50-48-21-11-13-23-52(48)62(55(50)33-38)46-30-32-54-51(37-46)49-22-12-14-24-53(49)63(54)47-35-44(40-17-7-3-8-18-40)34-45(36-47)58-60-56(42-19-9-4-10-20-42)59-57(61-58)43-28-26-41(27-29-43)39-15-5-2-6-16-39/h2-37H,1H3. The van der Waals surface area contributed by atoms with Gasteiger partial charge in [-0.05, 0) is 89.3 Å². The summed E-state index contributed by atoms with van der Waals surface area (Å²) in [5, 5.41) is 4.87. The smallest absolute Gasteiger partial charge is 0.164 e. The molecule has 0 atom stereocenters. The summed E-state index contributed by atoms with van der Waals surface area (Å²) in [6, 6.07) is 77.5. The number of para-hydroxylation sites is 2. The van der Waals surface area contributed by atoms with Crippen molar-refractivity contribution < 1.29 is 0 Å². The Hall–Kier alpha value is -8.41. The normalized spacial score (nSPS) is 11.6. The van der Waals surface area contributed by atoms with E-state index in [-0.39, 0.29) is 0 Å². The van der Waals surface area contributed by atoms with Crippen LogP contribution in [0.5, 0.6) is 0 Å². The van der Waals surface area contributed by atoms with Crippen molar-refractivity contribution >= 4 is 43.6 Å². The minimum Gasteiger partial charge on any atom is -0.309 e. The topological polar surface area (TPSA) is 48.5 Å². The van der Waals surface area contributed by atoms with Gasteiger partial charge in [-0.15, -0.1) is 0 Å². The monoisotopic (exact) mass is 805 g/mol. The molecule has 3 heterocycles. The van der Waals surface area contributed by atoms with Crippen LogP contribution in [0.15, 0.2) is 218 Å². The molecule has 3 aromatic heterocycles. The second-order valence-electron chi connectivity index (χ2n) is 16.2. The maximum Gasteiger partial charge on any atom is 0.164 e. The number of rotatable bonds is 7. The fraction of sp³-hybridized carbons (Fsp3) is 0.0172. The van der Waals surface area contributed by atoms with E-state index < -0.39 is 0 Å². The van der Waals surface area contributed by atoms with Gasteiger partial charge in [0.15, 0.2) is 17.5 Å². The molecular formula is C58H39N5. The number of benzene rings is 9. The molecule has 0 radical (unpaired) electrons. The highest BCUT2D eigenvalue weighted by molar-refractivity contribution is 6.12. The Balaban J connectivity index is 1.07. The minimum absolute atomic E-state index is 0.606. The van der Waals surface area contributed by atoms with Gasteiger partial charge in [0.05, 0.1) is 22.1 Å². The second kappa shape index (κ2) is 14.9. The Morgan fingerprint density at radius 3 is 1.37 bits per heavy atom. The van der Waals surface area contributed by atoms with Gasteiger partial charge in [0.2, 0.25) is 0 Å². The van der Waals surface area contributed by atoms with Crippen LogP contribution < -0.4 is 0 Å². The van der Waals surface area contributed by atoms with Crippen molar-refractivity contribution in [2.45, 2.75) is 6.92 Å². The number of aromatic nitrogens is 5. The fourth-order valence-electron chi connectivity index (χ4n) is 9.20. The van der Waals surface area contributed by atoms with Gasteiger partial charge in [-0.25, -0.2) is 15.0 Å². The average molecular weight is 806 g/mol. The molecule has 12 aromatic rings. The Morgan fingerprint density at radius 2 is 0.714 bits per heavy atom. The summed E-state index contributed by atoms with van der Waals surface area (Å²) in [6.45, 7) is 2.17. The van der Waals surface area contributed by atoms with Crippen LogP contribution in [0.1, 0.15) is 5.56 Å². The molecule has 0 aliphatic carbocycles. The summed E-state index contributed by atoms with van der Waals surface area (Å²) in [6.07, 6.45) is 0. The Labute approximate surface area is 364 Å². The van der Waals surface area contributed by atoms with E-state index in [4.69, 9.17) is 15.0 Å². The van der Waals surface area contributed by atoms with Gasteiger partial charge in [-0.1, -0.05) is 164 Å². The van der Waals surface area contributed by atoms with E-state index in [9.17, 15) is 0 Å². The van der Waals surface area contributed by atoms with Gasteiger partial charge in [0.25, 0.3) is 0 Å². The van der Waals surface area contributed by atoms with Gasteiger partial charge in [-0.3, -0.25) is 0 Å². The molecule has 9 aromatic carbocycles. The van der Waals surface area contributed by atoms with Crippen LogP contribution in [0.4, 0.5) is 0 Å². The zero-order chi connectivity index (χ0) is 41.9. The van der Waals surface area contributed by atoms with Gasteiger partial charge < -0.3 is 9.13 Å². The molecule has 12 rings (SSSR count). The third-order valence-corrected chi connectivity index (χ3v) is 12.2. The molecule has 0 fully saturated rings.